The molecule has 0 saturated heterocycles. The van der Waals surface area contributed by atoms with Crippen molar-refractivity contribution >= 4 is 33.9 Å². The van der Waals surface area contributed by atoms with Gasteiger partial charge in [0, 0.05) is 10.9 Å². The van der Waals surface area contributed by atoms with E-state index in [1.54, 1.807) is 25.5 Å². The lowest BCUT2D eigenvalue weighted by atomic mass is 10.1. The van der Waals surface area contributed by atoms with Crippen molar-refractivity contribution < 1.29 is 33.7 Å². The first kappa shape index (κ1) is 17.5. The van der Waals surface area contributed by atoms with Crippen LogP contribution < -0.4 is 9.47 Å². The van der Waals surface area contributed by atoms with Crippen molar-refractivity contribution in [3.8, 4) is 11.5 Å². The molecule has 0 aliphatic carbocycles. The first-order valence-electron chi connectivity index (χ1n) is 8.28. The third-order valence-electron chi connectivity index (χ3n) is 4.46. The van der Waals surface area contributed by atoms with E-state index in [-0.39, 0.29) is 17.8 Å². The van der Waals surface area contributed by atoms with Gasteiger partial charge in [-0.1, -0.05) is 12.1 Å². The number of benzene rings is 2. The molecule has 0 atom stereocenters. The van der Waals surface area contributed by atoms with Crippen LogP contribution in [0.25, 0.3) is 21.9 Å². The van der Waals surface area contributed by atoms with Gasteiger partial charge in [0.05, 0.1) is 24.3 Å². The molecule has 8 nitrogen and oxygen atoms in total. The molecular weight excluding hydrogens is 366 g/mol. The Morgan fingerprint density at radius 2 is 1.86 bits per heavy atom. The number of rotatable bonds is 5. The van der Waals surface area contributed by atoms with Crippen molar-refractivity contribution in [1.29, 1.82) is 0 Å². The fraction of sp³-hybridized carbons (Fsp3) is 0.100. The molecule has 0 spiro atoms. The maximum atomic E-state index is 11.5. The third-order valence-corrected chi connectivity index (χ3v) is 4.46. The highest BCUT2D eigenvalue weighted by Gasteiger charge is 2.21. The molecule has 4 rings (SSSR count). The van der Waals surface area contributed by atoms with Crippen molar-refractivity contribution in [3.05, 3.63) is 60.0 Å². The molecule has 0 amide bonds. The second-order valence-corrected chi connectivity index (χ2v) is 6.02. The summed E-state index contributed by atoms with van der Waals surface area (Å²) < 4.78 is 17.5. The highest BCUT2D eigenvalue weighted by atomic mass is 16.5. The summed E-state index contributed by atoms with van der Waals surface area (Å²) in [5.74, 6) is -0.326. The molecule has 0 aliphatic rings. The highest BCUT2D eigenvalue weighted by Crippen LogP contribution is 2.33. The third kappa shape index (κ3) is 2.71. The summed E-state index contributed by atoms with van der Waals surface area (Å²) in [5, 5.41) is 19.9. The summed E-state index contributed by atoms with van der Waals surface area (Å²) >= 11 is 0. The van der Waals surface area contributed by atoms with Gasteiger partial charge in [-0.05, 0) is 30.3 Å². The molecule has 8 heteroatoms. The maximum absolute atomic E-state index is 11.5. The summed E-state index contributed by atoms with van der Waals surface area (Å²) in [6.07, 6.45) is 0.188. The molecule has 28 heavy (non-hydrogen) atoms. The lowest BCUT2D eigenvalue weighted by molar-refractivity contribution is 0.0684. The smallest absolute Gasteiger partial charge is 0.416 e. The average Bonchev–Trinajstić information content (AvgIpc) is 3.28. The lowest BCUT2D eigenvalue weighted by Crippen LogP contribution is -2.14. The molecule has 142 valence electrons. The first-order chi connectivity index (χ1) is 13.5. The van der Waals surface area contributed by atoms with Gasteiger partial charge in [-0.25, -0.2) is 14.2 Å². The number of fused-ring (bicyclic) bond motifs is 2. The molecule has 2 aromatic heterocycles. The number of carboxylic acid groups (broad SMARTS) is 2. The van der Waals surface area contributed by atoms with Crippen LogP contribution in [0.1, 0.15) is 16.1 Å². The number of furan rings is 1. The summed E-state index contributed by atoms with van der Waals surface area (Å²) in [6, 6.07) is 11.5. The van der Waals surface area contributed by atoms with Gasteiger partial charge >= 0.3 is 12.1 Å². The second-order valence-electron chi connectivity index (χ2n) is 6.02. The molecule has 0 radical (unpaired) electrons. The largest absolute Gasteiger partial charge is 0.496 e. The van der Waals surface area contributed by atoms with E-state index in [4.69, 9.17) is 13.9 Å². The molecule has 2 heterocycles. The van der Waals surface area contributed by atoms with E-state index in [0.717, 1.165) is 15.5 Å². The quantitative estimate of drug-likeness (QED) is 0.533. The summed E-state index contributed by atoms with van der Waals surface area (Å²) in [7, 11) is 1.56. The lowest BCUT2D eigenvalue weighted by Gasteiger charge is -2.08. The number of carboxylic acids is 1. The van der Waals surface area contributed by atoms with Crippen LogP contribution in [0.15, 0.2) is 53.1 Å². The fourth-order valence-corrected chi connectivity index (χ4v) is 3.24. The molecule has 0 unspecified atom stereocenters. The van der Waals surface area contributed by atoms with Crippen molar-refractivity contribution in [2.24, 2.45) is 0 Å². The minimum Gasteiger partial charge on any atom is -0.496 e. The Bertz CT molecular complexity index is 1220. The van der Waals surface area contributed by atoms with Crippen molar-refractivity contribution in [2.75, 3.05) is 7.11 Å². The second kappa shape index (κ2) is 6.66. The van der Waals surface area contributed by atoms with Crippen LogP contribution in [-0.4, -0.2) is 34.0 Å². The van der Waals surface area contributed by atoms with E-state index in [1.807, 2.05) is 18.2 Å². The number of nitrogens with zero attached hydrogens (tertiary/aromatic N) is 1. The fourth-order valence-electron chi connectivity index (χ4n) is 3.24. The van der Waals surface area contributed by atoms with E-state index < -0.39 is 12.1 Å². The topological polar surface area (TPSA) is 111 Å². The van der Waals surface area contributed by atoms with Crippen LogP contribution in [0, 0.1) is 0 Å². The van der Waals surface area contributed by atoms with E-state index >= 15 is 0 Å². The zero-order valence-corrected chi connectivity index (χ0v) is 14.7. The molecule has 0 bridgehead atoms. The van der Waals surface area contributed by atoms with Gasteiger partial charge in [0.1, 0.15) is 29.4 Å². The predicted molar refractivity (Wildman–Crippen MR) is 99.4 cm³/mol. The van der Waals surface area contributed by atoms with Gasteiger partial charge < -0.3 is 24.1 Å². The number of carbonyl (C=O) groups is 2. The van der Waals surface area contributed by atoms with E-state index in [1.165, 1.54) is 12.1 Å². The summed E-state index contributed by atoms with van der Waals surface area (Å²) in [5.41, 5.74) is 1.29. The monoisotopic (exact) mass is 381 g/mol. The van der Waals surface area contributed by atoms with Crippen LogP contribution in [0.3, 0.4) is 0 Å². The molecular formula is C20H15NO7. The van der Waals surface area contributed by atoms with E-state index in [0.29, 0.717) is 22.5 Å². The number of aromatic nitrogens is 1. The molecule has 2 N–H and O–H groups in total. The van der Waals surface area contributed by atoms with Gasteiger partial charge in [-0.15, -0.1) is 0 Å². The van der Waals surface area contributed by atoms with Crippen LogP contribution >= 0.6 is 0 Å². The SMILES string of the molecule is COc1cccc2occ(COc3cccc4c3cc(C(=O)O)n4C(=O)O)c12. The van der Waals surface area contributed by atoms with Crippen LogP contribution in [-0.2, 0) is 6.61 Å². The highest BCUT2D eigenvalue weighted by molar-refractivity contribution is 6.02. The molecule has 2 aromatic carbocycles. The Morgan fingerprint density at radius 1 is 1.11 bits per heavy atom. The Balaban J connectivity index is 1.75. The van der Waals surface area contributed by atoms with Gasteiger partial charge in [0.25, 0.3) is 0 Å². The normalized spacial score (nSPS) is 11.0. The summed E-state index contributed by atoms with van der Waals surface area (Å²) in [6.45, 7) is 0.132. The minimum absolute atomic E-state index is 0.132. The van der Waals surface area contributed by atoms with Gasteiger partial charge in [-0.3, -0.25) is 0 Å². The average molecular weight is 381 g/mol. The number of ether oxygens (including phenoxy) is 2. The molecule has 0 fully saturated rings. The molecule has 0 aliphatic heterocycles. The number of aromatic carboxylic acids is 1. The van der Waals surface area contributed by atoms with Crippen LogP contribution in [0.2, 0.25) is 0 Å². The Labute approximate surface area is 158 Å². The zero-order chi connectivity index (χ0) is 19.8. The predicted octanol–water partition coefficient (Wildman–Crippen LogP) is 4.20. The standard InChI is InChI=1S/C20H15NO7/c1-26-16-6-3-7-17-18(16)11(10-28-17)9-27-15-5-2-4-13-12(15)8-14(19(22)23)21(13)20(24)25/h2-8,10H,9H2,1H3,(H,22,23)(H,24,25). The first-order valence-corrected chi connectivity index (χ1v) is 8.28. The maximum Gasteiger partial charge on any atom is 0.416 e. The van der Waals surface area contributed by atoms with Gasteiger partial charge in [0.15, 0.2) is 0 Å². The minimum atomic E-state index is -1.38. The number of hydrogen-bond acceptors (Lipinski definition) is 5. The Kier molecular flexibility index (Phi) is 4.15. The van der Waals surface area contributed by atoms with E-state index in [9.17, 15) is 19.8 Å². The summed E-state index contributed by atoms with van der Waals surface area (Å²) in [4.78, 5) is 22.9. The Morgan fingerprint density at radius 3 is 2.57 bits per heavy atom. The molecule has 4 aromatic rings. The van der Waals surface area contributed by atoms with E-state index in [2.05, 4.69) is 0 Å². The zero-order valence-electron chi connectivity index (χ0n) is 14.7. The number of hydrogen-bond donors (Lipinski definition) is 2. The van der Waals surface area contributed by atoms with Crippen molar-refractivity contribution in [1.82, 2.24) is 4.57 Å². The Hall–Kier alpha value is -3.94. The van der Waals surface area contributed by atoms with Crippen molar-refractivity contribution in [2.45, 2.75) is 6.61 Å². The van der Waals surface area contributed by atoms with Crippen LogP contribution in [0.4, 0.5) is 4.79 Å². The van der Waals surface area contributed by atoms with Crippen LogP contribution in [0.5, 0.6) is 11.5 Å². The van der Waals surface area contributed by atoms with Crippen molar-refractivity contribution in [3.63, 3.8) is 0 Å². The van der Waals surface area contributed by atoms with Gasteiger partial charge in [-0.2, -0.15) is 0 Å². The number of methoxy groups -OCH3 is 1. The van der Waals surface area contributed by atoms with Gasteiger partial charge in [0.2, 0.25) is 0 Å². The molecule has 0 saturated carbocycles.